The number of aromatic nitrogens is 1. The maximum atomic E-state index is 12.0. The molecule has 5 nitrogen and oxygen atoms in total. The highest BCUT2D eigenvalue weighted by Crippen LogP contribution is 2.35. The van der Waals surface area contributed by atoms with Gasteiger partial charge in [-0.15, -0.1) is 0 Å². The van der Waals surface area contributed by atoms with Gasteiger partial charge in [0.1, 0.15) is 12.4 Å². The number of carbonyl (C=O) groups is 1. The van der Waals surface area contributed by atoms with Crippen LogP contribution in [0.4, 0.5) is 0 Å². The van der Waals surface area contributed by atoms with Crippen LogP contribution in [0.3, 0.4) is 0 Å². The zero-order valence-corrected chi connectivity index (χ0v) is 17.3. The van der Waals surface area contributed by atoms with Crippen LogP contribution in [0.25, 0.3) is 0 Å². The Morgan fingerprint density at radius 3 is 2.41 bits per heavy atom. The number of hydrogen-bond donors (Lipinski definition) is 1. The number of ether oxygens (including phenoxy) is 1. The van der Waals surface area contributed by atoms with Crippen LogP contribution in [0.5, 0.6) is 5.75 Å². The minimum Gasteiger partial charge on any atom is -0.487 e. The van der Waals surface area contributed by atoms with Crippen molar-refractivity contribution in [3.05, 3.63) is 92.6 Å². The Bertz CT molecular complexity index is 925. The van der Waals surface area contributed by atoms with Gasteiger partial charge in [0, 0.05) is 18.0 Å². The van der Waals surface area contributed by atoms with Gasteiger partial charge in [0.05, 0.1) is 15.2 Å². The molecule has 1 aromatic heterocycles. The Hall–Kier alpha value is -2.51. The second kappa shape index (κ2) is 9.43. The standard InChI is InChI=1S/C20H15Br2N3O2/c21-17-10-15(12-24-25-20(26)16-6-8-23-9-7-16)11-18(22)19(17)27-13-14-4-2-1-3-5-14/h1-12H,13H2,(H,25,26)/b24-12+. The van der Waals surface area contributed by atoms with Gasteiger partial charge < -0.3 is 4.74 Å². The van der Waals surface area contributed by atoms with Crippen molar-refractivity contribution in [3.8, 4) is 5.75 Å². The minimum absolute atomic E-state index is 0.297. The number of hydrogen-bond acceptors (Lipinski definition) is 4. The number of pyridine rings is 1. The Balaban J connectivity index is 1.64. The molecule has 0 saturated carbocycles. The van der Waals surface area contributed by atoms with E-state index in [2.05, 4.69) is 47.4 Å². The van der Waals surface area contributed by atoms with Gasteiger partial charge in [-0.25, -0.2) is 5.43 Å². The van der Waals surface area contributed by atoms with Gasteiger partial charge in [-0.1, -0.05) is 30.3 Å². The maximum Gasteiger partial charge on any atom is 0.271 e. The molecule has 0 radical (unpaired) electrons. The summed E-state index contributed by atoms with van der Waals surface area (Å²) in [5, 5.41) is 4.00. The first-order valence-corrected chi connectivity index (χ1v) is 9.61. The highest BCUT2D eigenvalue weighted by molar-refractivity contribution is 9.11. The smallest absolute Gasteiger partial charge is 0.271 e. The molecular formula is C20H15Br2N3O2. The molecule has 0 aliphatic heterocycles. The first kappa shape index (κ1) is 19.3. The quantitative estimate of drug-likeness (QED) is 0.394. The van der Waals surface area contributed by atoms with E-state index in [9.17, 15) is 4.79 Å². The van der Waals surface area contributed by atoms with Crippen molar-refractivity contribution in [2.45, 2.75) is 6.61 Å². The summed E-state index contributed by atoms with van der Waals surface area (Å²) in [5.74, 6) is 0.409. The van der Waals surface area contributed by atoms with E-state index in [1.165, 1.54) is 0 Å². The molecule has 27 heavy (non-hydrogen) atoms. The molecule has 0 unspecified atom stereocenters. The van der Waals surface area contributed by atoms with Gasteiger partial charge in [-0.05, 0) is 67.3 Å². The molecule has 3 aromatic rings. The monoisotopic (exact) mass is 487 g/mol. The van der Waals surface area contributed by atoms with Crippen molar-refractivity contribution in [1.29, 1.82) is 0 Å². The van der Waals surface area contributed by atoms with Crippen molar-refractivity contribution in [1.82, 2.24) is 10.4 Å². The van der Waals surface area contributed by atoms with E-state index in [4.69, 9.17) is 4.74 Å². The van der Waals surface area contributed by atoms with Crippen molar-refractivity contribution in [2.75, 3.05) is 0 Å². The molecular weight excluding hydrogens is 474 g/mol. The third-order valence-corrected chi connectivity index (χ3v) is 4.75. The van der Waals surface area contributed by atoms with E-state index in [0.717, 1.165) is 20.1 Å². The Morgan fingerprint density at radius 1 is 1.07 bits per heavy atom. The summed E-state index contributed by atoms with van der Waals surface area (Å²) < 4.78 is 7.47. The van der Waals surface area contributed by atoms with Gasteiger partial charge >= 0.3 is 0 Å². The van der Waals surface area contributed by atoms with Gasteiger partial charge in [-0.3, -0.25) is 9.78 Å². The first-order chi connectivity index (χ1) is 13.1. The number of halogens is 2. The third-order valence-electron chi connectivity index (χ3n) is 3.57. The van der Waals surface area contributed by atoms with E-state index in [0.29, 0.717) is 17.9 Å². The van der Waals surface area contributed by atoms with E-state index in [-0.39, 0.29) is 5.91 Å². The SMILES string of the molecule is O=C(N/N=C/c1cc(Br)c(OCc2ccccc2)c(Br)c1)c1ccncc1. The molecule has 0 spiro atoms. The van der Waals surface area contributed by atoms with Crippen LogP contribution in [0.2, 0.25) is 0 Å². The third kappa shape index (κ3) is 5.48. The molecule has 7 heteroatoms. The summed E-state index contributed by atoms with van der Waals surface area (Å²) in [7, 11) is 0. The number of amides is 1. The highest BCUT2D eigenvalue weighted by Gasteiger charge is 2.09. The average molecular weight is 489 g/mol. The fourth-order valence-corrected chi connectivity index (χ4v) is 3.71. The highest BCUT2D eigenvalue weighted by atomic mass is 79.9. The zero-order valence-electron chi connectivity index (χ0n) is 14.1. The zero-order chi connectivity index (χ0) is 19.1. The molecule has 2 aromatic carbocycles. The van der Waals surface area contributed by atoms with Gasteiger partial charge in [0.2, 0.25) is 0 Å². The number of hydrazone groups is 1. The van der Waals surface area contributed by atoms with Gasteiger partial charge in [0.15, 0.2) is 0 Å². The van der Waals surface area contributed by atoms with Crippen molar-refractivity contribution < 1.29 is 9.53 Å². The lowest BCUT2D eigenvalue weighted by Crippen LogP contribution is -2.17. The summed E-state index contributed by atoms with van der Waals surface area (Å²) in [5.41, 5.74) is 4.87. The number of carbonyl (C=O) groups excluding carboxylic acids is 1. The molecule has 0 aliphatic carbocycles. The molecule has 0 aliphatic rings. The van der Waals surface area contributed by atoms with Crippen LogP contribution in [0.1, 0.15) is 21.5 Å². The predicted molar refractivity (Wildman–Crippen MR) is 112 cm³/mol. The van der Waals surface area contributed by atoms with E-state index in [1.54, 1.807) is 30.7 Å². The fraction of sp³-hybridized carbons (Fsp3) is 0.0500. The summed E-state index contributed by atoms with van der Waals surface area (Å²) in [4.78, 5) is 15.8. The van der Waals surface area contributed by atoms with Crippen LogP contribution < -0.4 is 10.2 Å². The summed E-state index contributed by atoms with van der Waals surface area (Å²) >= 11 is 7.04. The normalized spacial score (nSPS) is 10.7. The van der Waals surface area contributed by atoms with Gasteiger partial charge in [0.25, 0.3) is 5.91 Å². The van der Waals surface area contributed by atoms with Crippen molar-refractivity contribution in [2.24, 2.45) is 5.10 Å². The van der Waals surface area contributed by atoms with E-state index >= 15 is 0 Å². The number of rotatable bonds is 6. The molecule has 0 bridgehead atoms. The number of nitrogens with one attached hydrogen (secondary N) is 1. The molecule has 0 fully saturated rings. The topological polar surface area (TPSA) is 63.6 Å². The molecule has 0 saturated heterocycles. The van der Waals surface area contributed by atoms with Crippen LogP contribution >= 0.6 is 31.9 Å². The first-order valence-electron chi connectivity index (χ1n) is 8.02. The van der Waals surface area contributed by atoms with E-state index < -0.39 is 0 Å². The number of benzene rings is 2. The van der Waals surface area contributed by atoms with Crippen LogP contribution in [-0.2, 0) is 6.61 Å². The van der Waals surface area contributed by atoms with Crippen LogP contribution in [-0.4, -0.2) is 17.1 Å². The fourth-order valence-electron chi connectivity index (χ4n) is 2.25. The Morgan fingerprint density at radius 2 is 1.74 bits per heavy atom. The molecule has 1 amide bonds. The molecule has 136 valence electrons. The van der Waals surface area contributed by atoms with Crippen molar-refractivity contribution >= 4 is 44.0 Å². The summed E-state index contributed by atoms with van der Waals surface area (Å²) in [6.07, 6.45) is 4.68. The number of nitrogens with zero attached hydrogens (tertiary/aromatic N) is 2. The van der Waals surface area contributed by atoms with Crippen LogP contribution in [0, 0.1) is 0 Å². The second-order valence-corrected chi connectivity index (χ2v) is 7.23. The molecule has 3 rings (SSSR count). The average Bonchev–Trinajstić information content (AvgIpc) is 2.69. The lowest BCUT2D eigenvalue weighted by molar-refractivity contribution is 0.0955. The summed E-state index contributed by atoms with van der Waals surface area (Å²) in [6, 6.07) is 16.9. The Labute approximate surface area is 173 Å². The minimum atomic E-state index is -0.297. The van der Waals surface area contributed by atoms with Gasteiger partial charge in [-0.2, -0.15) is 5.10 Å². The molecule has 0 atom stereocenters. The molecule has 1 N–H and O–H groups in total. The summed E-state index contributed by atoms with van der Waals surface area (Å²) in [6.45, 7) is 0.466. The molecule has 1 heterocycles. The lowest BCUT2D eigenvalue weighted by atomic mass is 10.2. The predicted octanol–water partition coefficient (Wildman–Crippen LogP) is 4.95. The maximum absolute atomic E-state index is 12.0. The largest absolute Gasteiger partial charge is 0.487 e. The van der Waals surface area contributed by atoms with E-state index in [1.807, 2.05) is 42.5 Å². The lowest BCUT2D eigenvalue weighted by Gasteiger charge is -2.11. The Kier molecular flexibility index (Phi) is 6.73. The second-order valence-electron chi connectivity index (χ2n) is 5.52. The van der Waals surface area contributed by atoms with Crippen LogP contribution in [0.15, 0.2) is 81.0 Å². The van der Waals surface area contributed by atoms with Crippen molar-refractivity contribution in [3.63, 3.8) is 0 Å².